The topological polar surface area (TPSA) is 88.3 Å². The van der Waals surface area contributed by atoms with Gasteiger partial charge in [-0.1, -0.05) is 6.07 Å². The summed E-state index contributed by atoms with van der Waals surface area (Å²) < 4.78 is 10.7. The highest BCUT2D eigenvalue weighted by atomic mass is 35.5. The molecule has 1 aromatic carbocycles. The van der Waals surface area contributed by atoms with Crippen molar-refractivity contribution in [2.45, 2.75) is 12.5 Å². The molecule has 25 heavy (non-hydrogen) atoms. The molecule has 1 saturated heterocycles. The lowest BCUT2D eigenvalue weighted by Gasteiger charge is -2.22. The molecule has 9 heteroatoms. The van der Waals surface area contributed by atoms with Crippen molar-refractivity contribution >= 4 is 35.9 Å². The fourth-order valence-electron chi connectivity index (χ4n) is 2.83. The van der Waals surface area contributed by atoms with Crippen molar-refractivity contribution in [1.82, 2.24) is 15.5 Å². The van der Waals surface area contributed by atoms with E-state index in [9.17, 15) is 4.79 Å². The number of rotatable bonds is 4. The molecule has 0 aliphatic carbocycles. The van der Waals surface area contributed by atoms with E-state index in [1.807, 2.05) is 30.0 Å². The van der Waals surface area contributed by atoms with Crippen molar-refractivity contribution in [2.75, 3.05) is 30.2 Å². The summed E-state index contributed by atoms with van der Waals surface area (Å²) in [5, 5.41) is 13.2. The second-order valence-corrected chi connectivity index (χ2v) is 6.85. The first-order valence-electron chi connectivity index (χ1n) is 7.84. The molecule has 0 bridgehead atoms. The van der Waals surface area contributed by atoms with Gasteiger partial charge in [-0.25, -0.2) is 0 Å². The Morgan fingerprint density at radius 3 is 3.08 bits per heavy atom. The molecule has 2 aliphatic rings. The van der Waals surface area contributed by atoms with Gasteiger partial charge in [-0.3, -0.25) is 9.89 Å². The number of nitrogens with one attached hydrogen (secondary N) is 3. The van der Waals surface area contributed by atoms with Gasteiger partial charge in [0.2, 0.25) is 12.7 Å². The van der Waals surface area contributed by atoms with Gasteiger partial charge in [0.25, 0.3) is 0 Å². The summed E-state index contributed by atoms with van der Waals surface area (Å²) in [7, 11) is 0. The zero-order valence-electron chi connectivity index (χ0n) is 13.4. The van der Waals surface area contributed by atoms with Crippen LogP contribution in [-0.2, 0) is 4.79 Å². The average molecular weight is 383 g/mol. The van der Waals surface area contributed by atoms with Gasteiger partial charge in [0.15, 0.2) is 11.5 Å². The van der Waals surface area contributed by atoms with E-state index in [-0.39, 0.29) is 31.1 Å². The second-order valence-electron chi connectivity index (χ2n) is 5.70. The number of aromatic nitrogens is 2. The average Bonchev–Trinajstić information content (AvgIpc) is 3.23. The molecule has 2 aliphatic heterocycles. The summed E-state index contributed by atoms with van der Waals surface area (Å²) in [6.45, 7) is 1.19. The molecule has 2 aromatic rings. The van der Waals surface area contributed by atoms with Crippen LogP contribution in [0.15, 0.2) is 24.4 Å². The van der Waals surface area contributed by atoms with Crippen LogP contribution in [0.5, 0.6) is 11.5 Å². The summed E-state index contributed by atoms with van der Waals surface area (Å²) in [6.07, 6.45) is 2.15. The Balaban J connectivity index is 0.00000182. The molecule has 0 radical (unpaired) electrons. The lowest BCUT2D eigenvalue weighted by molar-refractivity contribution is -0.116. The van der Waals surface area contributed by atoms with Crippen LogP contribution in [0.1, 0.15) is 6.42 Å². The van der Waals surface area contributed by atoms with Crippen molar-refractivity contribution in [3.63, 3.8) is 0 Å². The van der Waals surface area contributed by atoms with Crippen molar-refractivity contribution in [2.24, 2.45) is 0 Å². The Labute approximate surface area is 155 Å². The predicted octanol–water partition coefficient (Wildman–Crippen LogP) is 2.26. The Kier molecular flexibility index (Phi) is 5.72. The standard InChI is InChI=1S/C16H18N4O3S.ClH/c21-15(6-11-8-24-4-3-17-11)19-16-12(7-18-20-16)10-1-2-13-14(5-10)23-9-22-13;/h1-2,5,7,11,17H,3-4,6,8-9H2,(H2,18,19,20,21);1H. The van der Waals surface area contributed by atoms with Crippen LogP contribution in [0.4, 0.5) is 5.82 Å². The number of H-pyrrole nitrogens is 1. The van der Waals surface area contributed by atoms with E-state index >= 15 is 0 Å². The number of carbonyl (C=O) groups is 1. The van der Waals surface area contributed by atoms with Gasteiger partial charge in [-0.2, -0.15) is 16.9 Å². The highest BCUT2D eigenvalue weighted by Crippen LogP contribution is 2.37. The summed E-state index contributed by atoms with van der Waals surface area (Å²) >= 11 is 1.88. The number of thioether (sulfide) groups is 1. The van der Waals surface area contributed by atoms with Gasteiger partial charge in [-0.15, -0.1) is 12.4 Å². The van der Waals surface area contributed by atoms with E-state index in [2.05, 4.69) is 20.8 Å². The molecule has 4 rings (SSSR count). The number of carbonyl (C=O) groups excluding carboxylic acids is 1. The third-order valence-corrected chi connectivity index (χ3v) is 5.15. The lowest BCUT2D eigenvalue weighted by atomic mass is 10.1. The van der Waals surface area contributed by atoms with E-state index in [0.717, 1.165) is 34.9 Å². The minimum atomic E-state index is -0.0266. The Hall–Kier alpha value is -1.90. The first-order chi connectivity index (χ1) is 11.8. The molecular weight excluding hydrogens is 364 g/mol. The number of benzene rings is 1. The number of anilines is 1. The third kappa shape index (κ3) is 4.02. The van der Waals surface area contributed by atoms with Crippen LogP contribution in [0, 0.1) is 0 Å². The van der Waals surface area contributed by atoms with Crippen LogP contribution in [-0.4, -0.2) is 47.0 Å². The van der Waals surface area contributed by atoms with E-state index in [1.54, 1.807) is 6.20 Å². The summed E-state index contributed by atoms with van der Waals surface area (Å²) in [4.78, 5) is 12.3. The highest BCUT2D eigenvalue weighted by Gasteiger charge is 2.19. The highest BCUT2D eigenvalue weighted by molar-refractivity contribution is 7.99. The van der Waals surface area contributed by atoms with Crippen LogP contribution < -0.4 is 20.1 Å². The number of aromatic amines is 1. The number of hydrogen-bond acceptors (Lipinski definition) is 6. The first kappa shape index (κ1) is 17.9. The zero-order chi connectivity index (χ0) is 16.4. The molecule has 1 fully saturated rings. The quantitative estimate of drug-likeness (QED) is 0.751. The minimum absolute atomic E-state index is 0. The minimum Gasteiger partial charge on any atom is -0.454 e. The number of hydrogen-bond donors (Lipinski definition) is 3. The van der Waals surface area contributed by atoms with E-state index in [4.69, 9.17) is 9.47 Å². The van der Waals surface area contributed by atoms with Gasteiger partial charge in [-0.05, 0) is 17.7 Å². The SMILES string of the molecule is Cl.O=C(CC1CSCCN1)Nc1[nH]ncc1-c1ccc2c(c1)OCO2. The summed E-state index contributed by atoms with van der Waals surface area (Å²) in [5.41, 5.74) is 1.74. The molecule has 1 atom stereocenters. The molecular formula is C16H19ClN4O3S. The Bertz CT molecular complexity index is 749. The third-order valence-electron chi connectivity index (χ3n) is 4.02. The van der Waals surface area contributed by atoms with E-state index in [1.165, 1.54) is 0 Å². The fourth-order valence-corrected chi connectivity index (χ4v) is 3.78. The molecule has 0 spiro atoms. The van der Waals surface area contributed by atoms with Crippen LogP contribution >= 0.6 is 24.2 Å². The molecule has 0 saturated carbocycles. The van der Waals surface area contributed by atoms with E-state index in [0.29, 0.717) is 18.0 Å². The number of nitrogens with zero attached hydrogens (tertiary/aromatic N) is 1. The number of amides is 1. The molecule has 7 nitrogen and oxygen atoms in total. The van der Waals surface area contributed by atoms with Gasteiger partial charge in [0.1, 0.15) is 5.82 Å². The van der Waals surface area contributed by atoms with Gasteiger partial charge < -0.3 is 20.1 Å². The number of halogens is 1. The molecule has 1 aromatic heterocycles. The molecule has 1 amide bonds. The lowest BCUT2D eigenvalue weighted by Crippen LogP contribution is -2.39. The monoisotopic (exact) mass is 382 g/mol. The smallest absolute Gasteiger partial charge is 0.231 e. The first-order valence-corrected chi connectivity index (χ1v) is 8.99. The van der Waals surface area contributed by atoms with Crippen molar-refractivity contribution in [3.8, 4) is 22.6 Å². The van der Waals surface area contributed by atoms with Crippen LogP contribution in [0.3, 0.4) is 0 Å². The Morgan fingerprint density at radius 1 is 1.36 bits per heavy atom. The predicted molar refractivity (Wildman–Crippen MR) is 99.8 cm³/mol. The van der Waals surface area contributed by atoms with Gasteiger partial charge in [0.05, 0.1) is 6.20 Å². The second kappa shape index (κ2) is 7.99. The molecule has 3 heterocycles. The zero-order valence-corrected chi connectivity index (χ0v) is 15.0. The van der Waals surface area contributed by atoms with Crippen LogP contribution in [0.25, 0.3) is 11.1 Å². The molecule has 1 unspecified atom stereocenters. The molecule has 134 valence electrons. The maximum Gasteiger partial charge on any atom is 0.231 e. The van der Waals surface area contributed by atoms with Crippen molar-refractivity contribution < 1.29 is 14.3 Å². The Morgan fingerprint density at radius 2 is 2.24 bits per heavy atom. The number of fused-ring (bicyclic) bond motifs is 1. The maximum absolute atomic E-state index is 12.3. The normalized spacial score (nSPS) is 18.5. The van der Waals surface area contributed by atoms with Crippen molar-refractivity contribution in [1.29, 1.82) is 0 Å². The van der Waals surface area contributed by atoms with Crippen molar-refractivity contribution in [3.05, 3.63) is 24.4 Å². The van der Waals surface area contributed by atoms with Crippen LogP contribution in [0.2, 0.25) is 0 Å². The van der Waals surface area contributed by atoms with E-state index < -0.39 is 0 Å². The number of ether oxygens (including phenoxy) is 2. The summed E-state index contributed by atoms with van der Waals surface area (Å²) in [6, 6.07) is 5.90. The molecule has 3 N–H and O–H groups in total. The summed E-state index contributed by atoms with van der Waals surface area (Å²) in [5.74, 6) is 4.07. The maximum atomic E-state index is 12.3. The van der Waals surface area contributed by atoms with Gasteiger partial charge in [0, 0.05) is 36.1 Å². The largest absolute Gasteiger partial charge is 0.454 e. The fraction of sp³-hybridized carbons (Fsp3) is 0.375. The van der Waals surface area contributed by atoms with Gasteiger partial charge >= 0.3 is 0 Å².